The second kappa shape index (κ2) is 7.95. The van der Waals surface area contributed by atoms with Crippen LogP contribution >= 0.6 is 23.1 Å². The molecular weight excluding hydrogens is 402 g/mol. The molecule has 0 unspecified atom stereocenters. The first kappa shape index (κ1) is 20.2. The van der Waals surface area contributed by atoms with Crippen LogP contribution in [-0.4, -0.2) is 27.8 Å². The van der Waals surface area contributed by atoms with Crippen LogP contribution in [0.4, 0.5) is 0 Å². The molecule has 1 aliphatic rings. The van der Waals surface area contributed by atoms with E-state index in [-0.39, 0.29) is 16.7 Å². The number of aryl methyl sites for hydroxylation is 4. The number of fused-ring (bicyclic) bond motifs is 3. The van der Waals surface area contributed by atoms with Crippen LogP contribution in [0.15, 0.2) is 28.2 Å². The molecule has 1 N–H and O–H groups in total. The van der Waals surface area contributed by atoms with Gasteiger partial charge in [0.05, 0.1) is 16.3 Å². The lowest BCUT2D eigenvalue weighted by atomic mass is 9.97. The lowest BCUT2D eigenvalue weighted by Crippen LogP contribution is -2.29. The molecule has 0 spiro atoms. The summed E-state index contributed by atoms with van der Waals surface area (Å²) in [5.74, 6) is -0.0812. The lowest BCUT2D eigenvalue weighted by molar-refractivity contribution is -0.119. The first-order chi connectivity index (χ1) is 13.9. The maximum Gasteiger partial charge on any atom is 0.267 e. The number of hydrogen-bond donors (Lipinski definition) is 1. The van der Waals surface area contributed by atoms with Crippen LogP contribution in [-0.2, 0) is 17.6 Å². The average molecular weight is 428 g/mol. The highest BCUT2D eigenvalue weighted by molar-refractivity contribution is 8.00. The third kappa shape index (κ3) is 3.62. The molecule has 4 rings (SSSR count). The van der Waals surface area contributed by atoms with E-state index in [1.165, 1.54) is 28.6 Å². The molecule has 2 heterocycles. The van der Waals surface area contributed by atoms with Crippen LogP contribution in [0.2, 0.25) is 0 Å². The minimum atomic E-state index is -0.352. The molecule has 0 aliphatic heterocycles. The summed E-state index contributed by atoms with van der Waals surface area (Å²) in [4.78, 5) is 32.9. The molecule has 0 radical (unpaired) electrons. The van der Waals surface area contributed by atoms with Crippen molar-refractivity contribution in [1.82, 2.24) is 14.9 Å². The maximum absolute atomic E-state index is 13.8. The van der Waals surface area contributed by atoms with Gasteiger partial charge in [-0.2, -0.15) is 0 Å². The van der Waals surface area contributed by atoms with Gasteiger partial charge in [-0.25, -0.2) is 4.98 Å². The van der Waals surface area contributed by atoms with E-state index in [9.17, 15) is 9.59 Å². The molecule has 7 heteroatoms. The van der Waals surface area contributed by atoms with Gasteiger partial charge in [-0.3, -0.25) is 14.2 Å². The Morgan fingerprint density at radius 2 is 2.03 bits per heavy atom. The summed E-state index contributed by atoms with van der Waals surface area (Å²) in [5.41, 5.74) is 4.10. The van der Waals surface area contributed by atoms with Gasteiger partial charge in [0.15, 0.2) is 5.16 Å². The molecule has 1 aromatic carbocycles. The number of carbonyl (C=O) groups is 1. The standard InChI is InChI=1S/C22H25N3O2S2/c1-12-9-10-13(2)16(11-12)25-21(27)18-15-7-5-6-8-17(15)29-20(18)24-22(25)28-14(3)19(26)23-4/h9-11,14H,5-8H2,1-4H3,(H,23,26)/t14-/m0/s1. The van der Waals surface area contributed by atoms with E-state index in [1.807, 2.05) is 39.0 Å². The molecule has 1 aliphatic carbocycles. The summed E-state index contributed by atoms with van der Waals surface area (Å²) in [7, 11) is 1.63. The fourth-order valence-corrected chi connectivity index (χ4v) is 6.13. The SMILES string of the molecule is CNC(=O)[C@H](C)Sc1nc2sc3c(c2c(=O)n1-c1cc(C)ccc1C)CCCC3. The van der Waals surface area contributed by atoms with E-state index in [2.05, 4.69) is 5.32 Å². The Morgan fingerprint density at radius 1 is 1.28 bits per heavy atom. The summed E-state index contributed by atoms with van der Waals surface area (Å²) < 4.78 is 1.72. The number of amides is 1. The molecule has 2 aromatic heterocycles. The predicted octanol–water partition coefficient (Wildman–Crippen LogP) is 4.17. The number of aromatic nitrogens is 2. The lowest BCUT2D eigenvalue weighted by Gasteiger charge is -2.17. The number of benzene rings is 1. The minimum absolute atomic E-state index is 0.0188. The van der Waals surface area contributed by atoms with Crippen molar-refractivity contribution in [3.63, 3.8) is 0 Å². The molecule has 5 nitrogen and oxygen atoms in total. The van der Waals surface area contributed by atoms with Gasteiger partial charge in [-0.15, -0.1) is 11.3 Å². The van der Waals surface area contributed by atoms with Gasteiger partial charge >= 0.3 is 0 Å². The van der Waals surface area contributed by atoms with Gasteiger partial charge < -0.3 is 5.32 Å². The number of hydrogen-bond acceptors (Lipinski definition) is 5. The second-order valence-electron chi connectivity index (χ2n) is 7.59. The highest BCUT2D eigenvalue weighted by Crippen LogP contribution is 2.36. The molecule has 0 fully saturated rings. The number of carbonyl (C=O) groups excluding carboxylic acids is 1. The highest BCUT2D eigenvalue weighted by Gasteiger charge is 2.25. The van der Waals surface area contributed by atoms with Crippen LogP contribution in [0.1, 0.15) is 41.3 Å². The van der Waals surface area contributed by atoms with Crippen LogP contribution in [0.25, 0.3) is 15.9 Å². The molecule has 1 amide bonds. The van der Waals surface area contributed by atoms with Crippen molar-refractivity contribution in [3.05, 3.63) is 50.1 Å². The van der Waals surface area contributed by atoms with Crippen molar-refractivity contribution in [1.29, 1.82) is 0 Å². The van der Waals surface area contributed by atoms with Crippen LogP contribution in [0.5, 0.6) is 0 Å². The van der Waals surface area contributed by atoms with Gasteiger partial charge in [0.1, 0.15) is 4.83 Å². The zero-order valence-electron chi connectivity index (χ0n) is 17.2. The number of thioether (sulfide) groups is 1. The van der Waals surface area contributed by atoms with Crippen molar-refractivity contribution in [2.75, 3.05) is 7.05 Å². The van der Waals surface area contributed by atoms with Crippen molar-refractivity contribution in [2.24, 2.45) is 0 Å². The molecule has 152 valence electrons. The van der Waals surface area contributed by atoms with E-state index in [0.717, 1.165) is 46.3 Å². The zero-order chi connectivity index (χ0) is 20.7. The van der Waals surface area contributed by atoms with E-state index >= 15 is 0 Å². The normalized spacial score (nSPS) is 14.6. The summed E-state index contributed by atoms with van der Waals surface area (Å²) in [6.45, 7) is 5.87. The first-order valence-corrected chi connectivity index (χ1v) is 11.6. The largest absolute Gasteiger partial charge is 0.358 e. The minimum Gasteiger partial charge on any atom is -0.358 e. The number of rotatable bonds is 4. The van der Waals surface area contributed by atoms with Crippen LogP contribution in [0, 0.1) is 13.8 Å². The quantitative estimate of drug-likeness (QED) is 0.501. The summed E-state index contributed by atoms with van der Waals surface area (Å²) >= 11 is 2.98. The Labute approximate surface area is 178 Å². The Hall–Kier alpha value is -2.12. The van der Waals surface area contributed by atoms with Crippen molar-refractivity contribution < 1.29 is 4.79 Å². The number of nitrogens with one attached hydrogen (secondary N) is 1. The fourth-order valence-electron chi connectivity index (χ4n) is 3.85. The average Bonchev–Trinajstić information content (AvgIpc) is 3.08. The number of nitrogens with zero attached hydrogens (tertiary/aromatic N) is 2. The van der Waals surface area contributed by atoms with Gasteiger partial charge in [-0.05, 0) is 69.2 Å². The molecule has 0 saturated heterocycles. The predicted molar refractivity (Wildman–Crippen MR) is 121 cm³/mol. The van der Waals surface area contributed by atoms with E-state index in [1.54, 1.807) is 23.0 Å². The molecular formula is C22H25N3O2S2. The van der Waals surface area contributed by atoms with Crippen molar-refractivity contribution in [2.45, 2.75) is 56.9 Å². The summed E-state index contributed by atoms with van der Waals surface area (Å²) in [6, 6.07) is 6.10. The van der Waals surface area contributed by atoms with Crippen LogP contribution < -0.4 is 10.9 Å². The van der Waals surface area contributed by atoms with Gasteiger partial charge in [-0.1, -0.05) is 23.9 Å². The maximum atomic E-state index is 13.8. The third-order valence-electron chi connectivity index (χ3n) is 5.46. The monoisotopic (exact) mass is 427 g/mol. The molecule has 0 saturated carbocycles. The smallest absolute Gasteiger partial charge is 0.267 e. The summed E-state index contributed by atoms with van der Waals surface area (Å²) in [6.07, 6.45) is 4.25. The highest BCUT2D eigenvalue weighted by atomic mass is 32.2. The topological polar surface area (TPSA) is 64.0 Å². The third-order valence-corrected chi connectivity index (χ3v) is 7.70. The molecule has 3 aromatic rings. The van der Waals surface area contributed by atoms with Crippen molar-refractivity contribution >= 4 is 39.2 Å². The zero-order valence-corrected chi connectivity index (χ0v) is 18.8. The van der Waals surface area contributed by atoms with Crippen LogP contribution in [0.3, 0.4) is 0 Å². The molecule has 1 atom stereocenters. The summed E-state index contributed by atoms with van der Waals surface area (Å²) in [5, 5.41) is 3.67. The van der Waals surface area contributed by atoms with Gasteiger partial charge in [0.2, 0.25) is 5.91 Å². The Morgan fingerprint density at radius 3 is 2.79 bits per heavy atom. The van der Waals surface area contributed by atoms with E-state index in [4.69, 9.17) is 4.98 Å². The van der Waals surface area contributed by atoms with Gasteiger partial charge in [0, 0.05) is 11.9 Å². The Kier molecular flexibility index (Phi) is 5.53. The number of thiophene rings is 1. The molecule has 29 heavy (non-hydrogen) atoms. The molecule has 0 bridgehead atoms. The van der Waals surface area contributed by atoms with Crippen molar-refractivity contribution in [3.8, 4) is 5.69 Å². The Bertz CT molecular complexity index is 1160. The fraction of sp³-hybridized carbons (Fsp3) is 0.409. The second-order valence-corrected chi connectivity index (χ2v) is 9.98. The van der Waals surface area contributed by atoms with Gasteiger partial charge in [0.25, 0.3) is 5.56 Å². The first-order valence-electron chi connectivity index (χ1n) is 9.94. The van der Waals surface area contributed by atoms with E-state index in [0.29, 0.717) is 5.16 Å². The van der Waals surface area contributed by atoms with E-state index < -0.39 is 0 Å². The Balaban J connectivity index is 2.00.